The van der Waals surface area contributed by atoms with Crippen molar-refractivity contribution in [2.75, 3.05) is 25.1 Å². The Hall–Kier alpha value is -2.39. The molecule has 0 aliphatic rings. The lowest BCUT2D eigenvalue weighted by atomic mass is 10.2. The molecule has 0 aromatic heterocycles. The van der Waals surface area contributed by atoms with Gasteiger partial charge in [0.1, 0.15) is 13.2 Å². The van der Waals surface area contributed by atoms with E-state index in [9.17, 15) is 9.59 Å². The fraction of sp³-hybridized carbons (Fsp3) is 0.357. The molecule has 6 nitrogen and oxygen atoms in total. The van der Waals surface area contributed by atoms with Gasteiger partial charge in [-0.05, 0) is 30.7 Å². The van der Waals surface area contributed by atoms with Crippen molar-refractivity contribution in [3.05, 3.63) is 29.8 Å². The zero-order chi connectivity index (χ0) is 14.8. The number of anilines is 1. The van der Waals surface area contributed by atoms with Crippen molar-refractivity contribution in [3.8, 4) is 6.07 Å². The van der Waals surface area contributed by atoms with Crippen LogP contribution < -0.4 is 10.6 Å². The molecule has 20 heavy (non-hydrogen) atoms. The minimum absolute atomic E-state index is 0.138. The number of rotatable bonds is 7. The Morgan fingerprint density at radius 2 is 1.85 bits per heavy atom. The van der Waals surface area contributed by atoms with Crippen molar-refractivity contribution < 1.29 is 14.3 Å². The third kappa shape index (κ3) is 5.98. The quantitative estimate of drug-likeness (QED) is 0.777. The molecule has 0 radical (unpaired) electrons. The highest BCUT2D eigenvalue weighted by molar-refractivity contribution is 5.91. The van der Waals surface area contributed by atoms with E-state index in [1.807, 2.05) is 13.0 Å². The van der Waals surface area contributed by atoms with E-state index in [1.54, 1.807) is 24.3 Å². The van der Waals surface area contributed by atoms with Crippen LogP contribution in [-0.2, 0) is 14.3 Å². The SMILES string of the molecule is CCCNC(=O)COCC(=O)Nc1ccc(C#N)cc1. The highest BCUT2D eigenvalue weighted by Gasteiger charge is 2.05. The van der Waals surface area contributed by atoms with Gasteiger partial charge in [0.2, 0.25) is 11.8 Å². The van der Waals surface area contributed by atoms with Crippen molar-refractivity contribution >= 4 is 17.5 Å². The molecule has 106 valence electrons. The van der Waals surface area contributed by atoms with Gasteiger partial charge in [0.25, 0.3) is 0 Å². The number of carbonyl (C=O) groups is 2. The molecule has 0 unspecified atom stereocenters. The van der Waals surface area contributed by atoms with Crippen LogP contribution in [0, 0.1) is 11.3 Å². The maximum atomic E-state index is 11.5. The van der Waals surface area contributed by atoms with Crippen LogP contribution in [0.25, 0.3) is 0 Å². The van der Waals surface area contributed by atoms with Crippen LogP contribution in [-0.4, -0.2) is 31.6 Å². The summed E-state index contributed by atoms with van der Waals surface area (Å²) in [5.41, 5.74) is 1.10. The Morgan fingerprint density at radius 1 is 1.20 bits per heavy atom. The summed E-state index contributed by atoms with van der Waals surface area (Å²) in [6.07, 6.45) is 0.852. The maximum Gasteiger partial charge on any atom is 0.250 e. The van der Waals surface area contributed by atoms with Crippen molar-refractivity contribution in [2.24, 2.45) is 0 Å². The van der Waals surface area contributed by atoms with Crippen molar-refractivity contribution in [2.45, 2.75) is 13.3 Å². The van der Waals surface area contributed by atoms with Crippen LogP contribution in [0.2, 0.25) is 0 Å². The summed E-state index contributed by atoms with van der Waals surface area (Å²) < 4.78 is 4.99. The minimum atomic E-state index is -0.349. The fourth-order valence-electron chi connectivity index (χ4n) is 1.38. The molecule has 0 saturated heterocycles. The second kappa shape index (κ2) is 8.67. The number of carbonyl (C=O) groups excluding carboxylic acids is 2. The standard InChI is InChI=1S/C14H17N3O3/c1-2-7-16-13(18)9-20-10-14(19)17-12-5-3-11(8-15)4-6-12/h3-6H,2,7,9-10H2,1H3,(H,16,18)(H,17,19). The summed E-state index contributed by atoms with van der Waals surface area (Å²) >= 11 is 0. The topological polar surface area (TPSA) is 91.2 Å². The van der Waals surface area contributed by atoms with Gasteiger partial charge in [-0.2, -0.15) is 5.26 Å². The lowest BCUT2D eigenvalue weighted by Crippen LogP contribution is -2.30. The number of nitriles is 1. The molecule has 6 heteroatoms. The molecule has 0 spiro atoms. The molecule has 0 aliphatic heterocycles. The smallest absolute Gasteiger partial charge is 0.250 e. The fourth-order valence-corrected chi connectivity index (χ4v) is 1.38. The van der Waals surface area contributed by atoms with Gasteiger partial charge < -0.3 is 15.4 Å². The third-order valence-electron chi connectivity index (χ3n) is 2.34. The number of amides is 2. The Morgan fingerprint density at radius 3 is 2.45 bits per heavy atom. The Kier molecular flexibility index (Phi) is 6.79. The number of benzene rings is 1. The van der Waals surface area contributed by atoms with E-state index in [2.05, 4.69) is 10.6 Å². The van der Waals surface area contributed by atoms with E-state index in [-0.39, 0.29) is 25.0 Å². The first-order valence-corrected chi connectivity index (χ1v) is 6.30. The average molecular weight is 275 g/mol. The second-order valence-electron chi connectivity index (χ2n) is 4.08. The Balaban J connectivity index is 2.26. The molecule has 2 N–H and O–H groups in total. The molecule has 0 aliphatic carbocycles. The highest BCUT2D eigenvalue weighted by Crippen LogP contribution is 2.08. The first-order chi connectivity index (χ1) is 9.65. The van der Waals surface area contributed by atoms with Gasteiger partial charge in [-0.25, -0.2) is 0 Å². The van der Waals surface area contributed by atoms with Crippen LogP contribution in [0.5, 0.6) is 0 Å². The summed E-state index contributed by atoms with van der Waals surface area (Å²) in [7, 11) is 0. The summed E-state index contributed by atoms with van der Waals surface area (Å²) in [6.45, 7) is 2.21. The zero-order valence-corrected chi connectivity index (χ0v) is 11.3. The van der Waals surface area contributed by atoms with Gasteiger partial charge >= 0.3 is 0 Å². The van der Waals surface area contributed by atoms with E-state index in [0.717, 1.165) is 6.42 Å². The van der Waals surface area contributed by atoms with E-state index in [1.165, 1.54) is 0 Å². The number of nitrogens with one attached hydrogen (secondary N) is 2. The van der Waals surface area contributed by atoms with Crippen molar-refractivity contribution in [1.29, 1.82) is 5.26 Å². The first-order valence-electron chi connectivity index (χ1n) is 6.30. The van der Waals surface area contributed by atoms with Crippen molar-refractivity contribution in [1.82, 2.24) is 5.32 Å². The molecule has 0 fully saturated rings. The molecule has 1 rings (SSSR count). The number of hydrogen-bond donors (Lipinski definition) is 2. The molecule has 2 amide bonds. The summed E-state index contributed by atoms with van der Waals surface area (Å²) in [4.78, 5) is 22.7. The maximum absolute atomic E-state index is 11.5. The molecule has 0 bridgehead atoms. The Labute approximate surface area is 117 Å². The number of hydrogen-bond acceptors (Lipinski definition) is 4. The summed E-state index contributed by atoms with van der Waals surface area (Å²) in [5, 5.41) is 13.9. The average Bonchev–Trinajstić information content (AvgIpc) is 2.46. The molecule has 0 atom stereocenters. The predicted molar refractivity (Wildman–Crippen MR) is 73.9 cm³/mol. The molecule has 1 aromatic rings. The van der Waals surface area contributed by atoms with E-state index in [0.29, 0.717) is 17.8 Å². The van der Waals surface area contributed by atoms with Gasteiger partial charge in [-0.1, -0.05) is 6.92 Å². The first kappa shape index (κ1) is 15.7. The monoisotopic (exact) mass is 275 g/mol. The van der Waals surface area contributed by atoms with Crippen molar-refractivity contribution in [3.63, 3.8) is 0 Å². The summed E-state index contributed by atoms with van der Waals surface area (Å²) in [6, 6.07) is 8.46. The van der Waals surface area contributed by atoms with Crippen LogP contribution >= 0.6 is 0 Å². The van der Waals surface area contributed by atoms with E-state index >= 15 is 0 Å². The molecular weight excluding hydrogens is 258 g/mol. The highest BCUT2D eigenvalue weighted by atomic mass is 16.5. The van der Waals surface area contributed by atoms with Crippen LogP contribution in [0.4, 0.5) is 5.69 Å². The normalized spacial score (nSPS) is 9.60. The number of ether oxygens (including phenoxy) is 1. The largest absolute Gasteiger partial charge is 0.362 e. The van der Waals surface area contributed by atoms with Gasteiger partial charge in [0.15, 0.2) is 0 Å². The second-order valence-corrected chi connectivity index (χ2v) is 4.08. The van der Waals surface area contributed by atoms with Crippen LogP contribution in [0.3, 0.4) is 0 Å². The lowest BCUT2D eigenvalue weighted by molar-refractivity contribution is -0.128. The van der Waals surface area contributed by atoms with Crippen LogP contribution in [0.1, 0.15) is 18.9 Å². The van der Waals surface area contributed by atoms with Gasteiger partial charge in [0.05, 0.1) is 11.6 Å². The van der Waals surface area contributed by atoms with E-state index < -0.39 is 0 Å². The predicted octanol–water partition coefficient (Wildman–Crippen LogP) is 1.04. The summed E-state index contributed by atoms with van der Waals surface area (Å²) in [5.74, 6) is -0.587. The number of nitrogens with zero attached hydrogens (tertiary/aromatic N) is 1. The molecule has 0 saturated carbocycles. The van der Waals surface area contributed by atoms with E-state index in [4.69, 9.17) is 10.00 Å². The van der Waals surface area contributed by atoms with Gasteiger partial charge in [-0.3, -0.25) is 9.59 Å². The van der Waals surface area contributed by atoms with Gasteiger partial charge in [-0.15, -0.1) is 0 Å². The lowest BCUT2D eigenvalue weighted by Gasteiger charge is -2.06. The minimum Gasteiger partial charge on any atom is -0.362 e. The third-order valence-corrected chi connectivity index (χ3v) is 2.34. The molecule has 1 aromatic carbocycles. The van der Waals surface area contributed by atoms with Crippen LogP contribution in [0.15, 0.2) is 24.3 Å². The zero-order valence-electron chi connectivity index (χ0n) is 11.3. The molecule has 0 heterocycles. The van der Waals surface area contributed by atoms with Gasteiger partial charge in [0, 0.05) is 12.2 Å². The Bertz CT molecular complexity index is 491. The molecular formula is C14H17N3O3.